The normalized spacial score (nSPS) is 11.4. The lowest BCUT2D eigenvalue weighted by atomic mass is 9.93. The van der Waals surface area contributed by atoms with Crippen LogP contribution < -0.4 is 11.2 Å². The summed E-state index contributed by atoms with van der Waals surface area (Å²) in [5.41, 5.74) is -0.423. The third kappa shape index (κ3) is 3.30. The molecule has 2 N–H and O–H groups in total. The number of hydrogen-bond donors (Lipinski definition) is 2. The van der Waals surface area contributed by atoms with Gasteiger partial charge < -0.3 is 5.11 Å². The number of nitrogens with one attached hydrogen (secondary N) is 1. The zero-order valence-electron chi connectivity index (χ0n) is 12.6. The molecule has 22 heavy (non-hydrogen) atoms. The third-order valence-corrected chi connectivity index (χ3v) is 3.13. The van der Waals surface area contributed by atoms with E-state index < -0.39 is 22.6 Å². The summed E-state index contributed by atoms with van der Waals surface area (Å²) in [6.45, 7) is 5.65. The van der Waals surface area contributed by atoms with E-state index in [2.05, 4.69) is 10.1 Å². The van der Waals surface area contributed by atoms with Crippen LogP contribution in [-0.4, -0.2) is 25.8 Å². The Morgan fingerprint density at radius 2 is 1.82 bits per heavy atom. The van der Waals surface area contributed by atoms with Gasteiger partial charge in [0, 0.05) is 5.41 Å². The number of carbonyl (C=O) groups is 1. The van der Waals surface area contributed by atoms with Crippen LogP contribution in [0.3, 0.4) is 0 Å². The van der Waals surface area contributed by atoms with Crippen molar-refractivity contribution < 1.29 is 9.90 Å². The van der Waals surface area contributed by atoms with Gasteiger partial charge in [-0.05, 0) is 17.7 Å². The maximum Gasteiger partial charge on any atom is 0.345 e. The topological polar surface area (TPSA) is 105 Å². The monoisotopic (exact) mass is 303 g/mol. The summed E-state index contributed by atoms with van der Waals surface area (Å²) in [5.74, 6) is -1.01. The molecule has 116 valence electrons. The molecule has 0 aliphatic heterocycles. The number of carboxylic acid groups (broad SMARTS) is 1. The average molecular weight is 303 g/mol. The van der Waals surface area contributed by atoms with E-state index in [0.29, 0.717) is 5.56 Å². The zero-order chi connectivity index (χ0) is 16.5. The fourth-order valence-corrected chi connectivity index (χ4v) is 1.96. The van der Waals surface area contributed by atoms with Gasteiger partial charge in [0.15, 0.2) is 0 Å². The summed E-state index contributed by atoms with van der Waals surface area (Å²) in [6, 6.07) is 6.14. The van der Waals surface area contributed by atoms with Gasteiger partial charge in [-0.15, -0.1) is 0 Å². The molecule has 0 amide bonds. The van der Waals surface area contributed by atoms with Crippen molar-refractivity contribution in [3.8, 4) is 0 Å². The summed E-state index contributed by atoms with van der Waals surface area (Å²) in [7, 11) is 0. The van der Waals surface area contributed by atoms with E-state index in [1.54, 1.807) is 12.1 Å². The van der Waals surface area contributed by atoms with E-state index in [1.807, 2.05) is 20.8 Å². The molecule has 0 unspecified atom stereocenters. The van der Waals surface area contributed by atoms with Gasteiger partial charge in [-0.3, -0.25) is 9.78 Å². The number of carboxylic acids is 1. The standard InChI is InChI=1S/C15H17N3O4/c1-15(2,3)11-12(19)16-14(22)18(17-11)8-9-4-6-10(7-5-9)13(20)21/h4-7H,8H2,1-3H3,(H,20,21)(H,16,19,22). The number of aromatic carboxylic acids is 1. The van der Waals surface area contributed by atoms with E-state index in [-0.39, 0.29) is 17.8 Å². The number of rotatable bonds is 3. The predicted molar refractivity (Wildman–Crippen MR) is 80.3 cm³/mol. The molecule has 0 fully saturated rings. The Balaban J connectivity index is 2.39. The smallest absolute Gasteiger partial charge is 0.345 e. The Hall–Kier alpha value is -2.70. The molecule has 0 saturated heterocycles. The minimum atomic E-state index is -1.01. The first kappa shape index (κ1) is 15.7. The largest absolute Gasteiger partial charge is 0.478 e. The molecule has 2 rings (SSSR count). The first-order valence-corrected chi connectivity index (χ1v) is 6.72. The van der Waals surface area contributed by atoms with Crippen LogP contribution in [0.25, 0.3) is 0 Å². The van der Waals surface area contributed by atoms with Crippen molar-refractivity contribution in [1.29, 1.82) is 0 Å². The molecule has 0 atom stereocenters. The lowest BCUT2D eigenvalue weighted by Gasteiger charge is -2.17. The van der Waals surface area contributed by atoms with Gasteiger partial charge in [-0.2, -0.15) is 5.10 Å². The van der Waals surface area contributed by atoms with Crippen molar-refractivity contribution in [2.24, 2.45) is 0 Å². The molecule has 1 aromatic carbocycles. The molecule has 2 aromatic rings. The Kier molecular flexibility index (Phi) is 3.99. The summed E-state index contributed by atoms with van der Waals surface area (Å²) in [4.78, 5) is 36.7. The first-order chi connectivity index (χ1) is 10.2. The Bertz CT molecular complexity index is 810. The molecule has 7 heteroatoms. The lowest BCUT2D eigenvalue weighted by molar-refractivity contribution is 0.0697. The Labute approximate surface area is 126 Å². The van der Waals surface area contributed by atoms with Gasteiger partial charge in [0.05, 0.1) is 12.1 Å². The van der Waals surface area contributed by atoms with Crippen LogP contribution in [0, 0.1) is 0 Å². The van der Waals surface area contributed by atoms with Gasteiger partial charge in [0.2, 0.25) is 0 Å². The van der Waals surface area contributed by atoms with Crippen LogP contribution in [-0.2, 0) is 12.0 Å². The van der Waals surface area contributed by atoms with Crippen molar-refractivity contribution >= 4 is 5.97 Å². The first-order valence-electron chi connectivity index (χ1n) is 6.72. The Morgan fingerprint density at radius 3 is 2.32 bits per heavy atom. The van der Waals surface area contributed by atoms with E-state index in [1.165, 1.54) is 12.1 Å². The number of benzene rings is 1. The van der Waals surface area contributed by atoms with Crippen molar-refractivity contribution in [2.75, 3.05) is 0 Å². The third-order valence-electron chi connectivity index (χ3n) is 3.13. The average Bonchev–Trinajstić information content (AvgIpc) is 2.41. The highest BCUT2D eigenvalue weighted by atomic mass is 16.4. The van der Waals surface area contributed by atoms with Gasteiger partial charge >= 0.3 is 11.7 Å². The zero-order valence-corrected chi connectivity index (χ0v) is 12.6. The number of aromatic amines is 1. The summed E-state index contributed by atoms with van der Waals surface area (Å²) in [5, 5.41) is 13.0. The van der Waals surface area contributed by atoms with Gasteiger partial charge in [-0.25, -0.2) is 14.3 Å². The molecule has 0 radical (unpaired) electrons. The molecule has 1 aromatic heterocycles. The maximum atomic E-state index is 11.8. The van der Waals surface area contributed by atoms with E-state index in [0.717, 1.165) is 4.68 Å². The van der Waals surface area contributed by atoms with Crippen LogP contribution in [0.1, 0.15) is 42.4 Å². The van der Waals surface area contributed by atoms with Crippen molar-refractivity contribution in [3.05, 3.63) is 61.9 Å². The minimum absolute atomic E-state index is 0.151. The highest BCUT2D eigenvalue weighted by Crippen LogP contribution is 2.15. The van der Waals surface area contributed by atoms with Crippen molar-refractivity contribution in [1.82, 2.24) is 14.8 Å². The van der Waals surface area contributed by atoms with Gasteiger partial charge in [-0.1, -0.05) is 32.9 Å². The predicted octanol–water partition coefficient (Wildman–Crippen LogP) is 0.976. The Morgan fingerprint density at radius 1 is 1.23 bits per heavy atom. The van der Waals surface area contributed by atoms with Crippen molar-refractivity contribution in [2.45, 2.75) is 32.7 Å². The summed E-state index contributed by atoms with van der Waals surface area (Å²) < 4.78 is 1.16. The van der Waals surface area contributed by atoms with E-state index in [9.17, 15) is 14.4 Å². The molecule has 0 saturated carbocycles. The molecule has 1 heterocycles. The van der Waals surface area contributed by atoms with Crippen LogP contribution in [0.2, 0.25) is 0 Å². The van der Waals surface area contributed by atoms with Gasteiger partial charge in [0.25, 0.3) is 5.56 Å². The summed E-state index contributed by atoms with van der Waals surface area (Å²) >= 11 is 0. The van der Waals surface area contributed by atoms with Crippen LogP contribution in [0.15, 0.2) is 33.9 Å². The molecule has 0 aliphatic rings. The number of nitrogens with zero attached hydrogens (tertiary/aromatic N) is 2. The summed E-state index contributed by atoms with van der Waals surface area (Å²) in [6.07, 6.45) is 0. The quantitative estimate of drug-likeness (QED) is 0.879. The van der Waals surface area contributed by atoms with Crippen LogP contribution in [0.4, 0.5) is 0 Å². The molecule has 7 nitrogen and oxygen atoms in total. The second kappa shape index (κ2) is 5.59. The van der Waals surface area contributed by atoms with E-state index in [4.69, 9.17) is 5.11 Å². The molecular formula is C15H17N3O4. The SMILES string of the molecule is CC(C)(C)c1nn(Cc2ccc(C(=O)O)cc2)c(=O)[nH]c1=O. The number of H-pyrrole nitrogens is 1. The molecule has 0 bridgehead atoms. The van der Waals surface area contributed by atoms with Gasteiger partial charge in [0.1, 0.15) is 5.69 Å². The molecule has 0 aliphatic carbocycles. The van der Waals surface area contributed by atoms with Crippen LogP contribution >= 0.6 is 0 Å². The minimum Gasteiger partial charge on any atom is -0.478 e. The number of hydrogen-bond acceptors (Lipinski definition) is 4. The lowest BCUT2D eigenvalue weighted by Crippen LogP contribution is -2.39. The second-order valence-corrected chi connectivity index (χ2v) is 6.02. The maximum absolute atomic E-state index is 11.8. The highest BCUT2D eigenvalue weighted by Gasteiger charge is 2.21. The molecular weight excluding hydrogens is 286 g/mol. The highest BCUT2D eigenvalue weighted by molar-refractivity contribution is 5.87. The second-order valence-electron chi connectivity index (χ2n) is 6.02. The molecule has 0 spiro atoms. The van der Waals surface area contributed by atoms with Crippen molar-refractivity contribution in [3.63, 3.8) is 0 Å². The van der Waals surface area contributed by atoms with Crippen LogP contribution in [0.5, 0.6) is 0 Å². The van der Waals surface area contributed by atoms with E-state index >= 15 is 0 Å². The fourth-order valence-electron chi connectivity index (χ4n) is 1.96. The number of aromatic nitrogens is 3. The fraction of sp³-hybridized carbons (Fsp3) is 0.333.